The minimum Gasteiger partial charge on any atom is -0.305 e. The fourth-order valence-electron chi connectivity index (χ4n) is 1.86. The van der Waals surface area contributed by atoms with Crippen molar-refractivity contribution in [1.82, 2.24) is 15.2 Å². The number of hydrogen-bond acceptors (Lipinski definition) is 4. The Balaban J connectivity index is 2.12. The third-order valence-electron chi connectivity index (χ3n) is 2.85. The Bertz CT molecular complexity index is 198. The molecule has 0 radical (unpaired) electrons. The number of amides is 1. The van der Waals surface area contributed by atoms with Gasteiger partial charge >= 0.3 is 0 Å². The van der Waals surface area contributed by atoms with Crippen LogP contribution in [-0.4, -0.2) is 55.5 Å². The highest BCUT2D eigenvalue weighted by Gasteiger charge is 2.11. The van der Waals surface area contributed by atoms with E-state index < -0.39 is 0 Å². The molecule has 1 rings (SSSR count). The second kappa shape index (κ2) is 6.76. The third-order valence-corrected chi connectivity index (χ3v) is 2.85. The monoisotopic (exact) mass is 214 g/mol. The van der Waals surface area contributed by atoms with Crippen molar-refractivity contribution >= 4 is 5.91 Å². The number of rotatable bonds is 4. The molecular weight excluding hydrogens is 192 g/mol. The predicted octanol–water partition coefficient (Wildman–Crippen LogP) is -0.606. The normalized spacial score (nSPS) is 19.9. The van der Waals surface area contributed by atoms with Crippen molar-refractivity contribution in [3.8, 4) is 0 Å². The Morgan fingerprint density at radius 3 is 2.87 bits per heavy atom. The first kappa shape index (κ1) is 12.4. The zero-order valence-corrected chi connectivity index (χ0v) is 9.54. The first-order chi connectivity index (χ1) is 7.22. The number of carbonyl (C=O) groups excluding carboxylic acids is 1. The van der Waals surface area contributed by atoms with Crippen molar-refractivity contribution in [3.05, 3.63) is 0 Å². The summed E-state index contributed by atoms with van der Waals surface area (Å²) in [6.07, 6.45) is 2.65. The van der Waals surface area contributed by atoms with Crippen LogP contribution in [0.25, 0.3) is 0 Å². The highest BCUT2D eigenvalue weighted by Crippen LogP contribution is 2.02. The van der Waals surface area contributed by atoms with E-state index in [1.54, 1.807) is 0 Å². The summed E-state index contributed by atoms with van der Waals surface area (Å²) in [5.41, 5.74) is 2.16. The van der Waals surface area contributed by atoms with E-state index in [4.69, 9.17) is 5.84 Å². The van der Waals surface area contributed by atoms with Gasteiger partial charge in [-0.3, -0.25) is 10.2 Å². The smallest absolute Gasteiger partial charge is 0.233 e. The SMILES string of the molecule is CN1CCCN(CCCC(=O)NN)CC1. The van der Waals surface area contributed by atoms with Crippen LogP contribution >= 0.6 is 0 Å². The van der Waals surface area contributed by atoms with Gasteiger partial charge in [-0.2, -0.15) is 0 Å². The molecule has 1 heterocycles. The lowest BCUT2D eigenvalue weighted by Crippen LogP contribution is -2.32. The van der Waals surface area contributed by atoms with Crippen LogP contribution in [0.15, 0.2) is 0 Å². The lowest BCUT2D eigenvalue weighted by molar-refractivity contribution is -0.121. The molecule has 0 bridgehead atoms. The number of carbonyl (C=O) groups is 1. The van der Waals surface area contributed by atoms with Gasteiger partial charge in [-0.25, -0.2) is 5.84 Å². The van der Waals surface area contributed by atoms with Crippen LogP contribution in [0.4, 0.5) is 0 Å². The number of hydrogen-bond donors (Lipinski definition) is 2. The summed E-state index contributed by atoms with van der Waals surface area (Å²) in [5, 5.41) is 0. The summed E-state index contributed by atoms with van der Waals surface area (Å²) in [6, 6.07) is 0. The third kappa shape index (κ3) is 5.11. The Labute approximate surface area is 91.6 Å². The van der Waals surface area contributed by atoms with Crippen LogP contribution in [-0.2, 0) is 4.79 Å². The first-order valence-corrected chi connectivity index (χ1v) is 5.62. The Kier molecular flexibility index (Phi) is 5.60. The minimum atomic E-state index is -0.0676. The van der Waals surface area contributed by atoms with Gasteiger partial charge in [0.05, 0.1) is 0 Å². The maximum absolute atomic E-state index is 10.9. The molecule has 0 spiro atoms. The summed E-state index contributed by atoms with van der Waals surface area (Å²) in [7, 11) is 2.16. The van der Waals surface area contributed by atoms with Gasteiger partial charge in [0.1, 0.15) is 0 Å². The zero-order chi connectivity index (χ0) is 11.1. The van der Waals surface area contributed by atoms with Gasteiger partial charge in [-0.05, 0) is 39.5 Å². The maximum Gasteiger partial charge on any atom is 0.233 e. The Morgan fingerprint density at radius 2 is 2.13 bits per heavy atom. The number of nitrogens with two attached hydrogens (primary N) is 1. The minimum absolute atomic E-state index is 0.0676. The largest absolute Gasteiger partial charge is 0.305 e. The lowest BCUT2D eigenvalue weighted by Gasteiger charge is -2.19. The molecule has 0 aromatic carbocycles. The van der Waals surface area contributed by atoms with E-state index in [9.17, 15) is 4.79 Å². The average Bonchev–Trinajstić information content (AvgIpc) is 2.43. The first-order valence-electron chi connectivity index (χ1n) is 5.62. The fraction of sp³-hybridized carbons (Fsp3) is 0.900. The molecule has 1 saturated heterocycles. The van der Waals surface area contributed by atoms with Gasteiger partial charge in [0, 0.05) is 19.5 Å². The molecule has 0 aromatic rings. The van der Waals surface area contributed by atoms with E-state index in [-0.39, 0.29) is 5.91 Å². The molecule has 5 heteroatoms. The van der Waals surface area contributed by atoms with E-state index in [0.717, 1.165) is 32.6 Å². The van der Waals surface area contributed by atoms with Crippen molar-refractivity contribution in [2.75, 3.05) is 39.8 Å². The number of nitrogens with zero attached hydrogens (tertiary/aromatic N) is 2. The predicted molar refractivity (Wildman–Crippen MR) is 60.1 cm³/mol. The standard InChI is InChI=1S/C10H22N4O/c1-13-5-3-7-14(9-8-13)6-2-4-10(15)12-11/h2-9,11H2,1H3,(H,12,15). The highest BCUT2D eigenvalue weighted by molar-refractivity contribution is 5.75. The van der Waals surface area contributed by atoms with Gasteiger partial charge in [0.25, 0.3) is 0 Å². The van der Waals surface area contributed by atoms with Crippen LogP contribution < -0.4 is 11.3 Å². The molecule has 1 amide bonds. The van der Waals surface area contributed by atoms with Gasteiger partial charge < -0.3 is 9.80 Å². The lowest BCUT2D eigenvalue weighted by atomic mass is 10.2. The van der Waals surface area contributed by atoms with Gasteiger partial charge in [0.15, 0.2) is 0 Å². The number of likely N-dealkylation sites (N-methyl/N-ethyl adjacent to an activating group) is 1. The molecule has 1 aliphatic rings. The molecule has 0 saturated carbocycles. The van der Waals surface area contributed by atoms with Crippen LogP contribution in [0.3, 0.4) is 0 Å². The molecular formula is C10H22N4O. The average molecular weight is 214 g/mol. The molecule has 3 N–H and O–H groups in total. The van der Waals surface area contributed by atoms with Crippen LogP contribution in [0, 0.1) is 0 Å². The second-order valence-electron chi connectivity index (χ2n) is 4.17. The van der Waals surface area contributed by atoms with Crippen LogP contribution in [0.1, 0.15) is 19.3 Å². The quantitative estimate of drug-likeness (QED) is 0.372. The molecule has 0 aromatic heterocycles. The second-order valence-corrected chi connectivity index (χ2v) is 4.17. The molecule has 1 aliphatic heterocycles. The van der Waals surface area contributed by atoms with E-state index in [0.29, 0.717) is 6.42 Å². The molecule has 88 valence electrons. The number of hydrazine groups is 1. The van der Waals surface area contributed by atoms with Gasteiger partial charge in [0.2, 0.25) is 5.91 Å². The summed E-state index contributed by atoms with van der Waals surface area (Å²) >= 11 is 0. The topological polar surface area (TPSA) is 61.6 Å². The van der Waals surface area contributed by atoms with Crippen molar-refractivity contribution in [3.63, 3.8) is 0 Å². The molecule has 0 aliphatic carbocycles. The van der Waals surface area contributed by atoms with Crippen molar-refractivity contribution < 1.29 is 4.79 Å². The molecule has 0 unspecified atom stereocenters. The van der Waals surface area contributed by atoms with Crippen molar-refractivity contribution in [2.24, 2.45) is 5.84 Å². The summed E-state index contributed by atoms with van der Waals surface area (Å²) in [6.45, 7) is 5.57. The van der Waals surface area contributed by atoms with Crippen LogP contribution in [0.2, 0.25) is 0 Å². The Hall–Kier alpha value is -0.650. The molecule has 15 heavy (non-hydrogen) atoms. The molecule has 1 fully saturated rings. The van der Waals surface area contributed by atoms with Gasteiger partial charge in [-0.1, -0.05) is 0 Å². The Morgan fingerprint density at radius 1 is 1.33 bits per heavy atom. The summed E-state index contributed by atoms with van der Waals surface area (Å²) < 4.78 is 0. The van der Waals surface area contributed by atoms with Crippen molar-refractivity contribution in [2.45, 2.75) is 19.3 Å². The zero-order valence-electron chi connectivity index (χ0n) is 9.54. The summed E-state index contributed by atoms with van der Waals surface area (Å²) in [5.74, 6) is 4.95. The van der Waals surface area contributed by atoms with Gasteiger partial charge in [-0.15, -0.1) is 0 Å². The molecule has 0 atom stereocenters. The van der Waals surface area contributed by atoms with Crippen LogP contribution in [0.5, 0.6) is 0 Å². The van der Waals surface area contributed by atoms with E-state index >= 15 is 0 Å². The summed E-state index contributed by atoms with van der Waals surface area (Å²) in [4.78, 5) is 15.7. The highest BCUT2D eigenvalue weighted by atomic mass is 16.2. The molecule has 5 nitrogen and oxygen atoms in total. The van der Waals surface area contributed by atoms with E-state index in [1.165, 1.54) is 13.0 Å². The fourth-order valence-corrected chi connectivity index (χ4v) is 1.86. The van der Waals surface area contributed by atoms with Crippen molar-refractivity contribution in [1.29, 1.82) is 0 Å². The number of nitrogens with one attached hydrogen (secondary N) is 1. The van der Waals surface area contributed by atoms with E-state index in [1.807, 2.05) is 0 Å². The van der Waals surface area contributed by atoms with E-state index in [2.05, 4.69) is 22.3 Å². The maximum atomic E-state index is 10.9.